The van der Waals surface area contributed by atoms with Gasteiger partial charge in [0.05, 0.1) is 16.9 Å². The second kappa shape index (κ2) is 11.3. The van der Waals surface area contributed by atoms with Crippen LogP contribution in [0.4, 0.5) is 10.7 Å². The number of esters is 1. The summed E-state index contributed by atoms with van der Waals surface area (Å²) < 4.78 is 5.12. The number of aryl methyl sites for hydroxylation is 1. The molecule has 33 heavy (non-hydrogen) atoms. The van der Waals surface area contributed by atoms with Crippen LogP contribution in [0.3, 0.4) is 0 Å². The average Bonchev–Trinajstić information content (AvgIpc) is 3.26. The maximum atomic E-state index is 12.5. The highest BCUT2D eigenvalue weighted by Crippen LogP contribution is 2.24. The van der Waals surface area contributed by atoms with Gasteiger partial charge in [-0.25, -0.2) is 4.79 Å². The van der Waals surface area contributed by atoms with E-state index in [2.05, 4.69) is 10.6 Å². The number of rotatable bonds is 9. The van der Waals surface area contributed by atoms with Crippen molar-refractivity contribution in [2.24, 2.45) is 5.73 Å². The maximum Gasteiger partial charge on any atom is 0.339 e. The summed E-state index contributed by atoms with van der Waals surface area (Å²) in [6, 6.07) is 15.6. The van der Waals surface area contributed by atoms with E-state index in [-0.39, 0.29) is 22.8 Å². The summed E-state index contributed by atoms with van der Waals surface area (Å²) in [5.74, 6) is -2.09. The van der Waals surface area contributed by atoms with Gasteiger partial charge in [0, 0.05) is 10.6 Å². The van der Waals surface area contributed by atoms with Gasteiger partial charge in [-0.05, 0) is 42.6 Å². The lowest BCUT2D eigenvalue weighted by Crippen LogP contribution is -2.22. The number of amides is 3. The van der Waals surface area contributed by atoms with Crippen molar-refractivity contribution >= 4 is 57.5 Å². The SMILES string of the molecule is Cc1ccc(NC(=O)CSc2ccccc2C(=O)OCC(=O)Nc2sccc2C(N)=O)cc1. The summed E-state index contributed by atoms with van der Waals surface area (Å²) in [5, 5.41) is 7.21. The van der Waals surface area contributed by atoms with E-state index in [0.717, 1.165) is 16.9 Å². The Morgan fingerprint density at radius 3 is 2.39 bits per heavy atom. The van der Waals surface area contributed by atoms with E-state index in [1.807, 2.05) is 31.2 Å². The first kappa shape index (κ1) is 24.0. The van der Waals surface area contributed by atoms with Crippen molar-refractivity contribution in [2.45, 2.75) is 11.8 Å². The van der Waals surface area contributed by atoms with E-state index in [9.17, 15) is 19.2 Å². The van der Waals surface area contributed by atoms with E-state index < -0.39 is 24.4 Å². The number of carbonyl (C=O) groups is 4. The summed E-state index contributed by atoms with van der Waals surface area (Å²) in [5.41, 5.74) is 7.46. The molecule has 4 N–H and O–H groups in total. The predicted molar refractivity (Wildman–Crippen MR) is 129 cm³/mol. The van der Waals surface area contributed by atoms with Gasteiger partial charge in [0.2, 0.25) is 5.91 Å². The molecule has 0 spiro atoms. The fourth-order valence-corrected chi connectivity index (χ4v) is 4.36. The first-order valence-electron chi connectivity index (χ1n) is 9.76. The monoisotopic (exact) mass is 483 g/mol. The molecule has 10 heteroatoms. The van der Waals surface area contributed by atoms with E-state index in [0.29, 0.717) is 15.6 Å². The van der Waals surface area contributed by atoms with Crippen LogP contribution in [0.1, 0.15) is 26.3 Å². The highest BCUT2D eigenvalue weighted by molar-refractivity contribution is 8.00. The summed E-state index contributed by atoms with van der Waals surface area (Å²) in [7, 11) is 0. The molecule has 3 aromatic rings. The summed E-state index contributed by atoms with van der Waals surface area (Å²) in [4.78, 5) is 48.8. The zero-order valence-electron chi connectivity index (χ0n) is 17.6. The Bertz CT molecular complexity index is 1170. The minimum absolute atomic E-state index is 0.0902. The van der Waals surface area contributed by atoms with Crippen molar-refractivity contribution in [3.05, 3.63) is 76.7 Å². The topological polar surface area (TPSA) is 128 Å². The van der Waals surface area contributed by atoms with Gasteiger partial charge in [0.1, 0.15) is 5.00 Å². The Hall–Kier alpha value is -3.63. The molecule has 0 unspecified atom stereocenters. The van der Waals surface area contributed by atoms with Gasteiger partial charge in [-0.15, -0.1) is 23.1 Å². The van der Waals surface area contributed by atoms with Gasteiger partial charge in [-0.1, -0.05) is 29.8 Å². The molecule has 1 aromatic heterocycles. The van der Waals surface area contributed by atoms with Crippen molar-refractivity contribution in [2.75, 3.05) is 23.0 Å². The molecule has 3 amide bonds. The molecule has 1 heterocycles. The fourth-order valence-electron chi connectivity index (χ4n) is 2.71. The smallest absolute Gasteiger partial charge is 0.339 e. The lowest BCUT2D eigenvalue weighted by Gasteiger charge is -2.10. The number of hydrogen-bond acceptors (Lipinski definition) is 7. The van der Waals surface area contributed by atoms with Crippen molar-refractivity contribution < 1.29 is 23.9 Å². The second-order valence-corrected chi connectivity index (χ2v) is 8.78. The number of hydrogen-bond donors (Lipinski definition) is 3. The molecule has 3 rings (SSSR count). The number of nitrogens with two attached hydrogens (primary N) is 1. The molecular formula is C23H21N3O5S2. The van der Waals surface area contributed by atoms with Gasteiger partial charge in [0.15, 0.2) is 6.61 Å². The van der Waals surface area contributed by atoms with Crippen molar-refractivity contribution in [1.82, 2.24) is 0 Å². The Balaban J connectivity index is 1.54. The van der Waals surface area contributed by atoms with Crippen molar-refractivity contribution in [3.8, 4) is 0 Å². The predicted octanol–water partition coefficient (Wildman–Crippen LogP) is 3.68. The molecule has 170 valence electrons. The lowest BCUT2D eigenvalue weighted by molar-refractivity contribution is -0.119. The van der Waals surface area contributed by atoms with Gasteiger partial charge in [-0.2, -0.15) is 0 Å². The van der Waals surface area contributed by atoms with Crippen LogP contribution in [-0.4, -0.2) is 36.1 Å². The number of carbonyl (C=O) groups excluding carboxylic acids is 4. The molecule has 0 saturated carbocycles. The number of thiophene rings is 1. The first-order valence-corrected chi connectivity index (χ1v) is 11.6. The van der Waals surface area contributed by atoms with Crippen molar-refractivity contribution in [3.63, 3.8) is 0 Å². The quantitative estimate of drug-likeness (QED) is 0.315. The third-order valence-corrected chi connectivity index (χ3v) is 6.22. The minimum atomic E-state index is -0.700. The average molecular weight is 484 g/mol. The number of benzene rings is 2. The summed E-state index contributed by atoms with van der Waals surface area (Å²) in [6.45, 7) is 1.42. The molecule has 0 aliphatic rings. The molecule has 0 aliphatic carbocycles. The number of ether oxygens (including phenoxy) is 1. The Morgan fingerprint density at radius 1 is 0.939 bits per heavy atom. The number of anilines is 2. The second-order valence-electron chi connectivity index (χ2n) is 6.85. The Labute approximate surface area is 198 Å². The number of primary amides is 1. The summed E-state index contributed by atoms with van der Waals surface area (Å²) in [6.07, 6.45) is 0. The number of thioether (sulfide) groups is 1. The van der Waals surface area contributed by atoms with Gasteiger partial charge < -0.3 is 21.1 Å². The van der Waals surface area contributed by atoms with Crippen LogP contribution in [0.15, 0.2) is 64.9 Å². The van der Waals surface area contributed by atoms with Crippen LogP contribution >= 0.6 is 23.1 Å². The third kappa shape index (κ3) is 6.93. The molecule has 0 radical (unpaired) electrons. The summed E-state index contributed by atoms with van der Waals surface area (Å²) >= 11 is 2.32. The van der Waals surface area contributed by atoms with Crippen LogP contribution in [0.5, 0.6) is 0 Å². The fraction of sp³-hybridized carbons (Fsp3) is 0.130. The molecular weight excluding hydrogens is 462 g/mol. The van der Waals surface area contributed by atoms with Crippen LogP contribution in [-0.2, 0) is 14.3 Å². The van der Waals surface area contributed by atoms with Crippen LogP contribution in [0.2, 0.25) is 0 Å². The Morgan fingerprint density at radius 2 is 1.67 bits per heavy atom. The van der Waals surface area contributed by atoms with Crippen LogP contribution < -0.4 is 16.4 Å². The van der Waals surface area contributed by atoms with E-state index in [4.69, 9.17) is 10.5 Å². The van der Waals surface area contributed by atoms with Gasteiger partial charge in [0.25, 0.3) is 11.8 Å². The van der Waals surface area contributed by atoms with Gasteiger partial charge in [-0.3, -0.25) is 14.4 Å². The number of nitrogens with one attached hydrogen (secondary N) is 2. The molecule has 8 nitrogen and oxygen atoms in total. The maximum absolute atomic E-state index is 12.5. The Kier molecular flexibility index (Phi) is 8.22. The zero-order valence-corrected chi connectivity index (χ0v) is 19.3. The molecule has 0 aliphatic heterocycles. The minimum Gasteiger partial charge on any atom is -0.452 e. The van der Waals surface area contributed by atoms with Crippen LogP contribution in [0, 0.1) is 6.92 Å². The lowest BCUT2D eigenvalue weighted by atomic mass is 10.2. The molecule has 2 aromatic carbocycles. The van der Waals surface area contributed by atoms with E-state index in [1.165, 1.54) is 17.8 Å². The zero-order chi connectivity index (χ0) is 23.8. The largest absolute Gasteiger partial charge is 0.452 e. The molecule has 0 saturated heterocycles. The highest BCUT2D eigenvalue weighted by Gasteiger charge is 2.17. The van der Waals surface area contributed by atoms with Crippen LogP contribution in [0.25, 0.3) is 0 Å². The standard InChI is InChI=1S/C23H21N3O5S2/c1-14-6-8-15(9-7-14)25-20(28)13-33-18-5-3-2-4-16(18)23(30)31-12-19(27)26-22-17(21(24)29)10-11-32-22/h2-11H,12-13H2,1H3,(H2,24,29)(H,25,28)(H,26,27). The molecule has 0 atom stereocenters. The van der Waals surface area contributed by atoms with E-state index >= 15 is 0 Å². The third-order valence-electron chi connectivity index (χ3n) is 4.32. The molecule has 0 bridgehead atoms. The van der Waals surface area contributed by atoms with Crippen molar-refractivity contribution in [1.29, 1.82) is 0 Å². The highest BCUT2D eigenvalue weighted by atomic mass is 32.2. The van der Waals surface area contributed by atoms with Gasteiger partial charge >= 0.3 is 5.97 Å². The van der Waals surface area contributed by atoms with E-state index in [1.54, 1.807) is 29.6 Å². The molecule has 0 fully saturated rings. The first-order chi connectivity index (χ1) is 15.8. The normalized spacial score (nSPS) is 10.3.